The van der Waals surface area contributed by atoms with Gasteiger partial charge in [0.05, 0.1) is 36.2 Å². The Bertz CT molecular complexity index is 1050. The first-order valence-corrected chi connectivity index (χ1v) is 9.88. The molecule has 0 aliphatic carbocycles. The van der Waals surface area contributed by atoms with Crippen molar-refractivity contribution >= 4 is 28.6 Å². The third kappa shape index (κ3) is 4.18. The largest absolute Gasteiger partial charge is 0.497 e. The molecule has 1 saturated heterocycles. The maximum atomic E-state index is 13.6. The van der Waals surface area contributed by atoms with Gasteiger partial charge in [-0.2, -0.15) is 13.2 Å². The van der Waals surface area contributed by atoms with E-state index < -0.39 is 11.7 Å². The summed E-state index contributed by atoms with van der Waals surface area (Å²) in [6, 6.07) is 12.9. The molecule has 4 rings (SSSR count). The average Bonchev–Trinajstić information content (AvgIpc) is 2.77. The number of hydrogen-bond acceptors (Lipinski definition) is 4. The van der Waals surface area contributed by atoms with Crippen LogP contribution in [0.2, 0.25) is 0 Å². The monoisotopic (exact) mass is 436 g/mol. The summed E-state index contributed by atoms with van der Waals surface area (Å²) in [5.41, 5.74) is 0.591. The molecule has 8 heteroatoms. The molecular formula is C22H20ClF3N2O2. The summed E-state index contributed by atoms with van der Waals surface area (Å²) >= 11 is 5.46. The number of aromatic nitrogens is 1. The molecule has 0 atom stereocenters. The highest BCUT2D eigenvalue weighted by Gasteiger charge is 2.34. The number of alkyl halides is 3. The highest BCUT2D eigenvalue weighted by atomic mass is 35.5. The number of hydrogen-bond donors (Lipinski definition) is 0. The lowest BCUT2D eigenvalue weighted by Gasteiger charge is -2.31. The number of fused-ring (bicyclic) bond motifs is 1. The highest BCUT2D eigenvalue weighted by Crippen LogP contribution is 2.39. The minimum atomic E-state index is -4.49. The third-order valence-electron chi connectivity index (χ3n) is 5.41. The Balaban J connectivity index is 1.67. The van der Waals surface area contributed by atoms with Gasteiger partial charge in [-0.1, -0.05) is 12.1 Å². The smallest absolute Gasteiger partial charge is 0.417 e. The summed E-state index contributed by atoms with van der Waals surface area (Å²) in [6.45, 7) is 1.57. The van der Waals surface area contributed by atoms with E-state index in [9.17, 15) is 13.2 Å². The van der Waals surface area contributed by atoms with Gasteiger partial charge in [-0.3, -0.25) is 4.29 Å². The molecule has 2 aromatic carbocycles. The number of piperidine rings is 1. The number of halogens is 4. The van der Waals surface area contributed by atoms with Crippen LogP contribution in [0.5, 0.6) is 5.75 Å². The molecule has 0 spiro atoms. The zero-order valence-electron chi connectivity index (χ0n) is 16.2. The first-order chi connectivity index (χ1) is 14.4. The van der Waals surface area contributed by atoms with Crippen LogP contribution in [0.15, 0.2) is 48.5 Å². The normalized spacial score (nSPS) is 15.6. The Morgan fingerprint density at radius 3 is 2.47 bits per heavy atom. The van der Waals surface area contributed by atoms with Crippen LogP contribution in [0.4, 0.5) is 19.0 Å². The second kappa shape index (κ2) is 8.32. The van der Waals surface area contributed by atoms with Gasteiger partial charge in [0.15, 0.2) is 0 Å². The van der Waals surface area contributed by atoms with Gasteiger partial charge >= 0.3 is 6.18 Å². The topological polar surface area (TPSA) is 34.6 Å². The average molecular weight is 437 g/mol. The maximum absolute atomic E-state index is 13.6. The highest BCUT2D eigenvalue weighted by molar-refractivity contribution is 6.07. The van der Waals surface area contributed by atoms with Gasteiger partial charge in [-0.05, 0) is 60.4 Å². The lowest BCUT2D eigenvalue weighted by Crippen LogP contribution is -2.36. The maximum Gasteiger partial charge on any atom is 0.417 e. The number of anilines is 1. The van der Waals surface area contributed by atoms with Crippen molar-refractivity contribution in [3.05, 3.63) is 54.1 Å². The fourth-order valence-electron chi connectivity index (χ4n) is 3.77. The fourth-order valence-corrected chi connectivity index (χ4v) is 3.95. The Morgan fingerprint density at radius 2 is 1.80 bits per heavy atom. The van der Waals surface area contributed by atoms with E-state index in [0.717, 1.165) is 48.7 Å². The molecule has 0 amide bonds. The van der Waals surface area contributed by atoms with Gasteiger partial charge in [-0.15, -0.1) is 0 Å². The summed E-state index contributed by atoms with van der Waals surface area (Å²) in [5.74, 6) is 1.00. The summed E-state index contributed by atoms with van der Waals surface area (Å²) < 4.78 is 50.6. The quantitative estimate of drug-likeness (QED) is 0.497. The molecule has 0 bridgehead atoms. The van der Waals surface area contributed by atoms with Gasteiger partial charge in [0, 0.05) is 18.5 Å². The fraction of sp³-hybridized carbons (Fsp3) is 0.318. The van der Waals surface area contributed by atoms with E-state index in [4.69, 9.17) is 25.9 Å². The Hall–Kier alpha value is -2.51. The summed E-state index contributed by atoms with van der Waals surface area (Å²) in [6.07, 6.45) is -2.79. The molecule has 3 aromatic rings. The minimum absolute atomic E-state index is 0.0539. The SMILES string of the molecule is COc1ccc(-c2ccc3nc(N4CCC(OCl)CC4)ccc3c2)c(C(F)(F)F)c1. The molecule has 4 nitrogen and oxygen atoms in total. The molecule has 1 aliphatic rings. The number of methoxy groups -OCH3 is 1. The van der Waals surface area contributed by atoms with Crippen LogP contribution in [-0.4, -0.2) is 31.3 Å². The number of nitrogens with zero attached hydrogens (tertiary/aromatic N) is 2. The summed E-state index contributed by atoms with van der Waals surface area (Å²) in [4.78, 5) is 6.85. The molecule has 2 heterocycles. The first kappa shape index (κ1) is 20.8. The molecule has 1 fully saturated rings. The predicted octanol–water partition coefficient (Wildman–Crippen LogP) is 6.07. The first-order valence-electron chi connectivity index (χ1n) is 9.58. The van der Waals surface area contributed by atoms with Crippen molar-refractivity contribution in [2.75, 3.05) is 25.1 Å². The lowest BCUT2D eigenvalue weighted by molar-refractivity contribution is -0.137. The molecular weight excluding hydrogens is 417 g/mol. The van der Waals surface area contributed by atoms with Crippen molar-refractivity contribution in [1.29, 1.82) is 0 Å². The van der Waals surface area contributed by atoms with Gasteiger partial charge in [0.25, 0.3) is 0 Å². The molecule has 1 aromatic heterocycles. The van der Waals surface area contributed by atoms with Gasteiger partial charge < -0.3 is 9.64 Å². The zero-order valence-corrected chi connectivity index (χ0v) is 17.0. The third-order valence-corrected chi connectivity index (χ3v) is 5.66. The standard InChI is InChI=1S/C22H20ClF3N2O2/c1-29-17-4-5-18(19(13-17)22(24,25)26)14-2-6-20-15(12-14)3-7-21(27-20)28-10-8-16(30-23)9-11-28/h2-7,12-13,16H,8-11H2,1H3. The molecule has 30 heavy (non-hydrogen) atoms. The number of rotatable bonds is 4. The Labute approximate surface area is 177 Å². The molecule has 0 radical (unpaired) electrons. The van der Waals surface area contributed by atoms with Crippen molar-refractivity contribution in [2.24, 2.45) is 0 Å². The van der Waals surface area contributed by atoms with Crippen molar-refractivity contribution in [3.63, 3.8) is 0 Å². The van der Waals surface area contributed by atoms with E-state index in [1.807, 2.05) is 12.1 Å². The van der Waals surface area contributed by atoms with Crippen LogP contribution in [0.1, 0.15) is 18.4 Å². The van der Waals surface area contributed by atoms with Crippen LogP contribution in [-0.2, 0) is 10.5 Å². The molecule has 0 unspecified atom stereocenters. The van der Waals surface area contributed by atoms with Gasteiger partial charge in [-0.25, -0.2) is 4.98 Å². The number of pyridine rings is 1. The lowest BCUT2D eigenvalue weighted by atomic mass is 9.97. The van der Waals surface area contributed by atoms with E-state index in [1.54, 1.807) is 18.2 Å². The van der Waals surface area contributed by atoms with Crippen LogP contribution in [0.25, 0.3) is 22.0 Å². The van der Waals surface area contributed by atoms with Gasteiger partial charge in [0.1, 0.15) is 11.6 Å². The number of benzene rings is 2. The second-order valence-corrected chi connectivity index (χ2v) is 7.44. The van der Waals surface area contributed by atoms with Crippen LogP contribution < -0.4 is 9.64 Å². The van der Waals surface area contributed by atoms with Crippen LogP contribution >= 0.6 is 11.9 Å². The molecule has 1 aliphatic heterocycles. The van der Waals surface area contributed by atoms with E-state index in [-0.39, 0.29) is 17.4 Å². The summed E-state index contributed by atoms with van der Waals surface area (Å²) in [5, 5.41) is 0.777. The zero-order chi connectivity index (χ0) is 21.3. The van der Waals surface area contributed by atoms with Crippen molar-refractivity contribution < 1.29 is 22.2 Å². The second-order valence-electron chi connectivity index (χ2n) is 7.26. The molecule has 0 saturated carbocycles. The van der Waals surface area contributed by atoms with Crippen LogP contribution in [0.3, 0.4) is 0 Å². The van der Waals surface area contributed by atoms with Crippen molar-refractivity contribution in [2.45, 2.75) is 25.1 Å². The minimum Gasteiger partial charge on any atom is -0.497 e. The van der Waals surface area contributed by atoms with Crippen LogP contribution in [0, 0.1) is 0 Å². The summed E-state index contributed by atoms with van der Waals surface area (Å²) in [7, 11) is 1.35. The molecule has 158 valence electrons. The Morgan fingerprint density at radius 1 is 1.03 bits per heavy atom. The van der Waals surface area contributed by atoms with E-state index in [2.05, 4.69) is 4.90 Å². The van der Waals surface area contributed by atoms with E-state index in [0.29, 0.717) is 5.56 Å². The number of ether oxygens (including phenoxy) is 1. The van der Waals surface area contributed by atoms with E-state index >= 15 is 0 Å². The Kier molecular flexibility index (Phi) is 5.75. The van der Waals surface area contributed by atoms with Crippen molar-refractivity contribution in [3.8, 4) is 16.9 Å². The van der Waals surface area contributed by atoms with E-state index in [1.165, 1.54) is 19.2 Å². The predicted molar refractivity (Wildman–Crippen MR) is 111 cm³/mol. The molecule has 0 N–H and O–H groups in total. The van der Waals surface area contributed by atoms with Crippen molar-refractivity contribution in [1.82, 2.24) is 4.98 Å². The van der Waals surface area contributed by atoms with Gasteiger partial charge in [0.2, 0.25) is 0 Å².